The lowest BCUT2D eigenvalue weighted by Crippen LogP contribution is -2.13. The van der Waals surface area contributed by atoms with E-state index in [-0.39, 0.29) is 5.91 Å². The number of pyridine rings is 1. The van der Waals surface area contributed by atoms with Gasteiger partial charge in [-0.2, -0.15) is 0 Å². The average Bonchev–Trinajstić information content (AvgIpc) is 3.40. The molecule has 0 fully saturated rings. The van der Waals surface area contributed by atoms with Crippen LogP contribution in [-0.4, -0.2) is 61.8 Å². The van der Waals surface area contributed by atoms with Gasteiger partial charge >= 0.3 is 0 Å². The molecule has 4 aromatic rings. The number of aromatic nitrogens is 2. The normalized spacial score (nSPS) is 11.6. The van der Waals surface area contributed by atoms with Gasteiger partial charge in [-0.05, 0) is 38.4 Å². The fourth-order valence-corrected chi connectivity index (χ4v) is 5.46. The first-order chi connectivity index (χ1) is 18.4. The molecule has 0 unspecified atom stereocenters. The monoisotopic (exact) mass is 566 g/mol. The Kier molecular flexibility index (Phi) is 9.35. The summed E-state index contributed by atoms with van der Waals surface area (Å²) >= 11 is 9.71. The second-order valence-electron chi connectivity index (χ2n) is 8.37. The smallest absolute Gasteiger partial charge is 0.248 e. The van der Waals surface area contributed by atoms with Crippen molar-refractivity contribution in [3.8, 4) is 5.75 Å². The summed E-state index contributed by atoms with van der Waals surface area (Å²) < 4.78 is 6.47. The molecule has 0 spiro atoms. The molecule has 0 saturated carbocycles. The number of nitrogens with one attached hydrogen (secondary N) is 2. The van der Waals surface area contributed by atoms with Gasteiger partial charge in [0.2, 0.25) is 5.91 Å². The third-order valence-corrected chi connectivity index (χ3v) is 7.68. The molecule has 38 heavy (non-hydrogen) atoms. The molecule has 2 aromatic carbocycles. The Morgan fingerprint density at radius 1 is 1.26 bits per heavy atom. The number of aliphatic imine (C=N–C) groups is 1. The van der Waals surface area contributed by atoms with Crippen LogP contribution in [0.25, 0.3) is 10.9 Å². The molecule has 11 heteroatoms. The number of methoxy groups -OCH3 is 1. The third kappa shape index (κ3) is 6.90. The first-order valence-corrected chi connectivity index (χ1v) is 13.6. The van der Waals surface area contributed by atoms with Crippen LogP contribution in [0.3, 0.4) is 0 Å². The van der Waals surface area contributed by atoms with E-state index in [2.05, 4.69) is 25.6 Å². The van der Waals surface area contributed by atoms with Crippen molar-refractivity contribution >= 4 is 74.8 Å². The van der Waals surface area contributed by atoms with Crippen LogP contribution >= 0.6 is 34.7 Å². The summed E-state index contributed by atoms with van der Waals surface area (Å²) in [6.07, 6.45) is 8.55. The van der Waals surface area contributed by atoms with Crippen molar-refractivity contribution in [1.29, 1.82) is 0 Å². The number of fused-ring (bicyclic) bond motifs is 1. The number of carbonyl (C=O) groups excluding carboxylic acids is 1. The van der Waals surface area contributed by atoms with Gasteiger partial charge in [0, 0.05) is 71.3 Å². The molecule has 0 saturated heterocycles. The molecule has 0 aliphatic carbocycles. The van der Waals surface area contributed by atoms with Crippen molar-refractivity contribution in [3.63, 3.8) is 0 Å². The zero-order valence-corrected chi connectivity index (χ0v) is 23.7. The largest absolute Gasteiger partial charge is 0.494 e. The molecule has 0 aliphatic heterocycles. The quantitative estimate of drug-likeness (QED) is 0.171. The number of likely N-dealkylation sites (N-methyl/N-ethyl adjacent to an activating group) is 1. The lowest BCUT2D eigenvalue weighted by molar-refractivity contribution is -0.111. The van der Waals surface area contributed by atoms with Gasteiger partial charge in [0.15, 0.2) is 4.34 Å². The summed E-state index contributed by atoms with van der Waals surface area (Å²) in [6.45, 7) is 0.656. The minimum absolute atomic E-state index is 0.252. The van der Waals surface area contributed by atoms with Crippen LogP contribution in [0.4, 0.5) is 17.1 Å². The number of carbonyl (C=O) groups is 1. The Hall–Kier alpha value is -3.44. The number of amides is 1. The molecule has 2 aromatic heterocycles. The first-order valence-electron chi connectivity index (χ1n) is 11.6. The number of thiazole rings is 1. The Morgan fingerprint density at radius 2 is 2.11 bits per heavy atom. The maximum Gasteiger partial charge on any atom is 0.248 e. The fraction of sp³-hybridized carbons (Fsp3) is 0.185. The summed E-state index contributed by atoms with van der Waals surface area (Å²) in [5.74, 6) is 0.257. The highest BCUT2D eigenvalue weighted by atomic mass is 35.5. The molecular formula is C27H27ClN6O2S2. The minimum atomic E-state index is -0.252. The van der Waals surface area contributed by atoms with Gasteiger partial charge in [-0.15, -0.1) is 11.3 Å². The van der Waals surface area contributed by atoms with Gasteiger partial charge in [0.1, 0.15) is 5.75 Å². The maximum atomic E-state index is 12.6. The maximum absolute atomic E-state index is 12.6. The Balaban J connectivity index is 1.70. The molecule has 4 rings (SSSR count). The van der Waals surface area contributed by atoms with Crippen LogP contribution in [0.2, 0.25) is 5.02 Å². The third-order valence-electron chi connectivity index (χ3n) is 5.29. The highest BCUT2D eigenvalue weighted by Crippen LogP contribution is 2.38. The summed E-state index contributed by atoms with van der Waals surface area (Å²) in [7, 11) is 7.14. The zero-order chi connectivity index (χ0) is 27.1. The summed E-state index contributed by atoms with van der Waals surface area (Å²) in [5.41, 5.74) is 3.58. The molecule has 0 bridgehead atoms. The number of halogens is 1. The standard InChI is InChI=1S/C27H27ClN6O2S2/c1-29-15-17-16-31-21-14-23(36-4)22(33-25(35)6-5-10-34(2)3)13-19(21)26(17)32-18-7-8-24(20(28)12-18)38-27-30-9-11-37-27/h5-9,11-16H,10H2,1-4H3,(H,31,32)(H,33,35)/b6-5+,29-15?. The van der Waals surface area contributed by atoms with E-state index in [1.807, 2.05) is 48.6 Å². The molecule has 0 aliphatic rings. The SMILES string of the molecule is CN=Cc1cnc2cc(OC)c(NC(=O)/C=C/CN(C)C)cc2c1Nc1ccc(Sc2nccs2)c(Cl)c1. The highest BCUT2D eigenvalue weighted by molar-refractivity contribution is 8.01. The number of hydrogen-bond acceptors (Lipinski definition) is 9. The van der Waals surface area contributed by atoms with E-state index < -0.39 is 0 Å². The van der Waals surface area contributed by atoms with Crippen molar-refractivity contribution in [2.45, 2.75) is 9.24 Å². The topological polar surface area (TPSA) is 91.7 Å². The van der Waals surface area contributed by atoms with Gasteiger partial charge < -0.3 is 20.3 Å². The molecule has 0 radical (unpaired) electrons. The summed E-state index contributed by atoms with van der Waals surface area (Å²) in [6, 6.07) is 9.44. The van der Waals surface area contributed by atoms with Crippen LogP contribution in [0.15, 0.2) is 74.5 Å². The molecule has 8 nitrogen and oxygen atoms in total. The molecule has 196 valence electrons. The van der Waals surface area contributed by atoms with Crippen molar-refractivity contribution in [3.05, 3.63) is 70.8 Å². The van der Waals surface area contributed by atoms with Gasteiger partial charge in [-0.3, -0.25) is 14.8 Å². The van der Waals surface area contributed by atoms with E-state index in [0.29, 0.717) is 28.5 Å². The second-order valence-corrected chi connectivity index (χ2v) is 11.0. The van der Waals surface area contributed by atoms with Crippen LogP contribution in [-0.2, 0) is 4.79 Å². The van der Waals surface area contributed by atoms with Gasteiger partial charge in [0.25, 0.3) is 0 Å². The number of anilines is 3. The number of ether oxygens (including phenoxy) is 1. The van der Waals surface area contributed by atoms with Crippen molar-refractivity contribution in [1.82, 2.24) is 14.9 Å². The average molecular weight is 567 g/mol. The molecule has 0 atom stereocenters. The predicted octanol–water partition coefficient (Wildman–Crippen LogP) is 6.35. The van der Waals surface area contributed by atoms with E-state index in [1.54, 1.807) is 56.2 Å². The van der Waals surface area contributed by atoms with Gasteiger partial charge in [-0.1, -0.05) is 29.4 Å². The van der Waals surface area contributed by atoms with Crippen molar-refractivity contribution in [2.24, 2.45) is 4.99 Å². The number of nitrogens with zero attached hydrogens (tertiary/aromatic N) is 4. The second kappa shape index (κ2) is 12.9. The predicted molar refractivity (Wildman–Crippen MR) is 159 cm³/mol. The molecule has 2 N–H and O–H groups in total. The van der Waals surface area contributed by atoms with Crippen LogP contribution in [0.5, 0.6) is 5.75 Å². The highest BCUT2D eigenvalue weighted by Gasteiger charge is 2.15. The van der Waals surface area contributed by atoms with Crippen LogP contribution < -0.4 is 15.4 Å². The molecular weight excluding hydrogens is 540 g/mol. The minimum Gasteiger partial charge on any atom is -0.494 e. The van der Waals surface area contributed by atoms with E-state index in [9.17, 15) is 4.79 Å². The van der Waals surface area contributed by atoms with Crippen molar-refractivity contribution < 1.29 is 9.53 Å². The van der Waals surface area contributed by atoms with Crippen LogP contribution in [0.1, 0.15) is 5.56 Å². The van der Waals surface area contributed by atoms with Crippen molar-refractivity contribution in [2.75, 3.05) is 45.4 Å². The Bertz CT molecular complexity index is 1490. The fourth-order valence-electron chi connectivity index (χ4n) is 3.58. The first kappa shape index (κ1) is 27.6. The van der Waals surface area contributed by atoms with Crippen LogP contribution in [0, 0.1) is 0 Å². The van der Waals surface area contributed by atoms with E-state index >= 15 is 0 Å². The Labute approximate surface area is 234 Å². The van der Waals surface area contributed by atoms with E-state index in [4.69, 9.17) is 16.3 Å². The summed E-state index contributed by atoms with van der Waals surface area (Å²) in [4.78, 5) is 28.6. The number of rotatable bonds is 10. The lowest BCUT2D eigenvalue weighted by Gasteiger charge is -2.16. The summed E-state index contributed by atoms with van der Waals surface area (Å²) in [5, 5.41) is 9.73. The van der Waals surface area contributed by atoms with E-state index in [1.165, 1.54) is 17.8 Å². The number of hydrogen-bond donors (Lipinski definition) is 2. The number of benzene rings is 2. The lowest BCUT2D eigenvalue weighted by atomic mass is 10.1. The van der Waals surface area contributed by atoms with Gasteiger partial charge in [0.05, 0.1) is 29.0 Å². The molecule has 1 amide bonds. The Morgan fingerprint density at radius 3 is 2.79 bits per heavy atom. The zero-order valence-electron chi connectivity index (χ0n) is 21.4. The van der Waals surface area contributed by atoms with Gasteiger partial charge in [-0.25, -0.2) is 4.98 Å². The molecule has 2 heterocycles. The van der Waals surface area contributed by atoms with E-state index in [0.717, 1.165) is 31.6 Å².